The lowest BCUT2D eigenvalue weighted by Gasteiger charge is -2.39. The average molecular weight is 492 g/mol. The second kappa shape index (κ2) is 10.3. The van der Waals surface area contributed by atoms with E-state index in [1.54, 1.807) is 0 Å². The Morgan fingerprint density at radius 3 is 1.94 bits per heavy atom. The molecule has 0 saturated carbocycles. The molecule has 3 atom stereocenters. The molecule has 1 aliphatic rings. The summed E-state index contributed by atoms with van der Waals surface area (Å²) < 4.78 is 34.6. The van der Waals surface area contributed by atoms with Gasteiger partial charge in [-0.05, 0) is 79.4 Å². The van der Waals surface area contributed by atoms with Crippen molar-refractivity contribution in [3.63, 3.8) is 0 Å². The minimum Gasteiger partial charge on any atom is -0.598 e. The van der Waals surface area contributed by atoms with Gasteiger partial charge in [-0.2, -0.15) is 0 Å². The minimum absolute atomic E-state index is 0.0269. The number of aliphatic carboxylic acids is 1. The summed E-state index contributed by atoms with van der Waals surface area (Å²) in [4.78, 5) is 11.5. The van der Waals surface area contributed by atoms with Crippen molar-refractivity contribution < 1.29 is 28.2 Å². The van der Waals surface area contributed by atoms with Crippen molar-refractivity contribution in [2.24, 2.45) is 0 Å². The van der Waals surface area contributed by atoms with Crippen LogP contribution in [0.5, 0.6) is 0 Å². The van der Waals surface area contributed by atoms with Crippen LogP contribution in [0.3, 0.4) is 0 Å². The van der Waals surface area contributed by atoms with E-state index in [0.29, 0.717) is 12.8 Å². The molecular formula is C22H46BNO6SSi. The molecule has 1 unspecified atom stereocenters. The predicted molar refractivity (Wildman–Crippen MR) is 134 cm³/mol. The van der Waals surface area contributed by atoms with Crippen molar-refractivity contribution >= 4 is 32.8 Å². The summed E-state index contributed by atoms with van der Waals surface area (Å²) in [6, 6.07) is 0. The lowest BCUT2D eigenvalue weighted by atomic mass is 9.76. The standard InChI is InChI=1S/C22H46BNO6SSi/c1-19(2,3)31(27)24-17(23-29-21(7,8)22(9,10)30-23)14-13-16(15-18(25)26)28-32(11,12)20(4,5)6/h16-17,24H,13-15H2,1-12H3,(H,25,26)/t16-,17-,31?/m0/s1. The summed E-state index contributed by atoms with van der Waals surface area (Å²) in [6.07, 6.45) is 0.529. The van der Waals surface area contributed by atoms with Gasteiger partial charge in [-0.3, -0.25) is 4.79 Å². The molecule has 1 rings (SSSR count). The van der Waals surface area contributed by atoms with E-state index in [-0.39, 0.29) is 17.4 Å². The molecule has 0 aromatic heterocycles. The molecule has 188 valence electrons. The second-order valence-electron chi connectivity index (χ2n) is 12.4. The van der Waals surface area contributed by atoms with Gasteiger partial charge in [0.2, 0.25) is 0 Å². The second-order valence-corrected chi connectivity index (χ2v) is 19.2. The Hall–Kier alpha value is -0.0982. The summed E-state index contributed by atoms with van der Waals surface area (Å²) in [5, 5.41) is 9.44. The van der Waals surface area contributed by atoms with Crippen LogP contribution in [0.4, 0.5) is 0 Å². The lowest BCUT2D eigenvalue weighted by Crippen LogP contribution is -2.53. The predicted octanol–water partition coefficient (Wildman–Crippen LogP) is 4.68. The van der Waals surface area contributed by atoms with Crippen LogP contribution < -0.4 is 4.72 Å². The Balaban J connectivity index is 3.07. The number of carboxylic acid groups (broad SMARTS) is 1. The van der Waals surface area contributed by atoms with Gasteiger partial charge >= 0.3 is 13.1 Å². The number of rotatable bonds is 10. The molecule has 32 heavy (non-hydrogen) atoms. The van der Waals surface area contributed by atoms with E-state index in [1.165, 1.54) is 0 Å². The van der Waals surface area contributed by atoms with Crippen molar-refractivity contribution in [2.45, 2.75) is 135 Å². The number of carboxylic acids is 1. The van der Waals surface area contributed by atoms with E-state index in [1.807, 2.05) is 48.5 Å². The normalized spacial score (nSPS) is 22.0. The van der Waals surface area contributed by atoms with Gasteiger partial charge in [-0.25, -0.2) is 0 Å². The van der Waals surface area contributed by atoms with Crippen LogP contribution >= 0.6 is 0 Å². The summed E-state index contributed by atoms with van der Waals surface area (Å²) in [5.74, 6) is -1.25. The quantitative estimate of drug-likeness (QED) is 0.338. The molecule has 7 nitrogen and oxygen atoms in total. The van der Waals surface area contributed by atoms with Crippen LogP contribution in [-0.4, -0.2) is 59.1 Å². The molecule has 0 spiro atoms. The first-order valence-corrected chi connectivity index (χ1v) is 15.6. The Morgan fingerprint density at radius 2 is 1.56 bits per heavy atom. The summed E-state index contributed by atoms with van der Waals surface area (Å²) in [7, 11) is -2.75. The topological polar surface area (TPSA) is 100 Å². The van der Waals surface area contributed by atoms with Crippen LogP contribution in [0.1, 0.15) is 88.5 Å². The maximum absolute atomic E-state index is 12.9. The van der Waals surface area contributed by atoms with E-state index in [9.17, 15) is 14.5 Å². The molecule has 1 saturated heterocycles. The summed E-state index contributed by atoms with van der Waals surface area (Å²) in [5.41, 5.74) is -1.03. The van der Waals surface area contributed by atoms with Crippen molar-refractivity contribution in [3.05, 3.63) is 0 Å². The van der Waals surface area contributed by atoms with Gasteiger partial charge in [-0.1, -0.05) is 20.8 Å². The molecule has 1 aliphatic heterocycles. The Bertz CT molecular complexity index is 631. The van der Waals surface area contributed by atoms with E-state index < -0.39 is 54.8 Å². The number of nitrogens with one attached hydrogen (secondary N) is 1. The van der Waals surface area contributed by atoms with E-state index in [4.69, 9.17) is 13.7 Å². The largest absolute Gasteiger partial charge is 0.598 e. The van der Waals surface area contributed by atoms with Crippen LogP contribution in [0.2, 0.25) is 18.1 Å². The van der Waals surface area contributed by atoms with Crippen molar-refractivity contribution in [1.82, 2.24) is 4.72 Å². The maximum Gasteiger partial charge on any atom is 0.480 e. The molecule has 0 amide bonds. The van der Waals surface area contributed by atoms with Crippen LogP contribution in [-0.2, 0) is 29.9 Å². The van der Waals surface area contributed by atoms with Gasteiger partial charge in [0.1, 0.15) is 4.75 Å². The van der Waals surface area contributed by atoms with Crippen molar-refractivity contribution in [2.75, 3.05) is 0 Å². The van der Waals surface area contributed by atoms with Gasteiger partial charge in [0, 0.05) is 11.4 Å². The first-order valence-electron chi connectivity index (χ1n) is 11.5. The molecular weight excluding hydrogens is 445 g/mol. The minimum atomic E-state index is -2.15. The zero-order chi connectivity index (χ0) is 25.3. The average Bonchev–Trinajstić information content (AvgIpc) is 2.75. The fraction of sp³-hybridized carbons (Fsp3) is 0.955. The van der Waals surface area contributed by atoms with Crippen LogP contribution in [0, 0.1) is 0 Å². The van der Waals surface area contributed by atoms with Gasteiger partial charge in [-0.15, -0.1) is 4.72 Å². The number of carbonyl (C=O) groups is 1. The lowest BCUT2D eigenvalue weighted by molar-refractivity contribution is -0.139. The molecule has 0 bridgehead atoms. The molecule has 0 radical (unpaired) electrons. The van der Waals surface area contributed by atoms with E-state index in [2.05, 4.69) is 38.6 Å². The van der Waals surface area contributed by atoms with Gasteiger partial charge in [0.25, 0.3) is 0 Å². The Labute approximate surface area is 200 Å². The van der Waals surface area contributed by atoms with E-state index in [0.717, 1.165) is 0 Å². The highest BCUT2D eigenvalue weighted by molar-refractivity contribution is 7.90. The van der Waals surface area contributed by atoms with Gasteiger partial charge < -0.3 is 23.4 Å². The monoisotopic (exact) mass is 491 g/mol. The first-order chi connectivity index (χ1) is 14.1. The fourth-order valence-corrected chi connectivity index (χ4v) is 5.22. The third-order valence-corrected chi connectivity index (χ3v) is 13.0. The fourth-order valence-electron chi connectivity index (χ4n) is 2.97. The molecule has 1 heterocycles. The molecule has 2 N–H and O–H groups in total. The van der Waals surface area contributed by atoms with Crippen molar-refractivity contribution in [3.8, 4) is 0 Å². The van der Waals surface area contributed by atoms with Gasteiger partial charge in [0.05, 0.1) is 29.7 Å². The zero-order valence-electron chi connectivity index (χ0n) is 22.3. The SMILES string of the molecule is CC(C)(C)[S+]([O-])N[C@@H](CC[C@@H](CC(=O)O)O[Si](C)(C)C(C)(C)C)B1OC(C)(C)C(C)(C)O1. The molecule has 0 aromatic carbocycles. The number of hydrogen-bond donors (Lipinski definition) is 2. The molecule has 0 aromatic rings. The first kappa shape index (κ1) is 29.9. The van der Waals surface area contributed by atoms with Crippen LogP contribution in [0.25, 0.3) is 0 Å². The Kier molecular flexibility index (Phi) is 9.59. The maximum atomic E-state index is 12.9. The van der Waals surface area contributed by atoms with E-state index >= 15 is 0 Å². The molecule has 1 fully saturated rings. The highest BCUT2D eigenvalue weighted by Gasteiger charge is 2.55. The smallest absolute Gasteiger partial charge is 0.480 e. The molecule has 0 aliphatic carbocycles. The highest BCUT2D eigenvalue weighted by atomic mass is 32.2. The van der Waals surface area contributed by atoms with Crippen molar-refractivity contribution in [1.29, 1.82) is 0 Å². The third-order valence-electron chi connectivity index (χ3n) is 6.88. The summed E-state index contributed by atoms with van der Waals surface area (Å²) >= 11 is -1.33. The third kappa shape index (κ3) is 7.99. The summed E-state index contributed by atoms with van der Waals surface area (Å²) in [6.45, 7) is 24.3. The highest BCUT2D eigenvalue weighted by Crippen LogP contribution is 2.40. The zero-order valence-corrected chi connectivity index (χ0v) is 24.1. The van der Waals surface area contributed by atoms with Gasteiger partial charge in [0.15, 0.2) is 8.32 Å². The molecule has 10 heteroatoms. The number of hydrogen-bond acceptors (Lipinski definition) is 6. The Morgan fingerprint density at radius 1 is 1.09 bits per heavy atom. The van der Waals surface area contributed by atoms with Crippen LogP contribution in [0.15, 0.2) is 0 Å².